The highest BCUT2D eigenvalue weighted by molar-refractivity contribution is 5.85. The van der Waals surface area contributed by atoms with Crippen LogP contribution in [0.4, 0.5) is 26.3 Å². The van der Waals surface area contributed by atoms with Crippen LogP contribution in [-0.4, -0.2) is 25.0 Å². The number of alkyl halides is 6. The van der Waals surface area contributed by atoms with Crippen LogP contribution in [0.1, 0.15) is 36.0 Å². The molecular weight excluding hydrogens is 392 g/mol. The van der Waals surface area contributed by atoms with E-state index < -0.39 is 53.4 Å². The number of benzene rings is 1. The molecule has 0 radical (unpaired) electrons. The van der Waals surface area contributed by atoms with Crippen LogP contribution in [0.3, 0.4) is 0 Å². The summed E-state index contributed by atoms with van der Waals surface area (Å²) in [6, 6.07) is -0.141. The van der Waals surface area contributed by atoms with Crippen molar-refractivity contribution in [1.82, 2.24) is 5.32 Å². The van der Waals surface area contributed by atoms with Crippen LogP contribution in [-0.2, 0) is 33.1 Å². The van der Waals surface area contributed by atoms with Crippen molar-refractivity contribution < 1.29 is 40.7 Å². The summed E-state index contributed by atoms with van der Waals surface area (Å²) in [4.78, 5) is 23.8. The third-order valence-corrected chi connectivity index (χ3v) is 3.73. The largest absolute Gasteiger partial charge is 0.467 e. The van der Waals surface area contributed by atoms with E-state index >= 15 is 0 Å². The summed E-state index contributed by atoms with van der Waals surface area (Å²) in [6.45, 7) is 3.51. The highest BCUT2D eigenvalue weighted by Crippen LogP contribution is 2.36. The van der Waals surface area contributed by atoms with Crippen LogP contribution in [0.15, 0.2) is 30.9 Å². The number of carbonyl (C=O) groups excluding carboxylic acids is 2. The molecule has 0 aliphatic rings. The number of carbonyl (C=O) groups is 2. The maximum Gasteiger partial charge on any atom is 0.416 e. The van der Waals surface area contributed by atoms with Crippen LogP contribution in [0.25, 0.3) is 0 Å². The molecule has 1 atom stereocenters. The minimum absolute atomic E-state index is 0.0199. The molecular formula is C18H19F6NO3. The highest BCUT2D eigenvalue weighted by Gasteiger charge is 2.37. The van der Waals surface area contributed by atoms with Crippen LogP contribution in [0.2, 0.25) is 0 Å². The lowest BCUT2D eigenvalue weighted by molar-refractivity contribution is -0.145. The zero-order valence-electron chi connectivity index (χ0n) is 14.9. The molecule has 0 fully saturated rings. The molecule has 0 bridgehead atoms. The Labute approximate surface area is 157 Å². The molecule has 1 rings (SSSR count). The molecule has 0 saturated carbocycles. The number of esters is 1. The van der Waals surface area contributed by atoms with E-state index in [0.717, 1.165) is 7.11 Å². The number of ether oxygens (including phenoxy) is 1. The Morgan fingerprint density at radius 2 is 1.64 bits per heavy atom. The maximum atomic E-state index is 12.9. The number of methoxy groups -OCH3 is 1. The van der Waals surface area contributed by atoms with E-state index in [1.165, 1.54) is 0 Å². The number of halogens is 6. The van der Waals surface area contributed by atoms with Crippen molar-refractivity contribution in [2.75, 3.05) is 7.11 Å². The van der Waals surface area contributed by atoms with Crippen LogP contribution >= 0.6 is 0 Å². The van der Waals surface area contributed by atoms with Crippen molar-refractivity contribution in [2.45, 2.75) is 44.1 Å². The number of allylic oxidation sites excluding steroid dienone is 1. The first-order valence-electron chi connectivity index (χ1n) is 8.15. The molecule has 1 aromatic rings. The third-order valence-electron chi connectivity index (χ3n) is 3.73. The molecule has 10 heteroatoms. The first-order valence-corrected chi connectivity index (χ1v) is 8.15. The van der Waals surface area contributed by atoms with Gasteiger partial charge in [0.1, 0.15) is 6.04 Å². The van der Waals surface area contributed by atoms with E-state index in [4.69, 9.17) is 0 Å². The molecule has 1 aromatic carbocycles. The summed E-state index contributed by atoms with van der Waals surface area (Å²) < 4.78 is 81.8. The van der Waals surface area contributed by atoms with Gasteiger partial charge in [-0.25, -0.2) is 4.79 Å². The first kappa shape index (κ1) is 23.5. The van der Waals surface area contributed by atoms with Gasteiger partial charge in [-0.15, -0.1) is 6.58 Å². The molecule has 0 saturated heterocycles. The van der Waals surface area contributed by atoms with Gasteiger partial charge in [0.15, 0.2) is 0 Å². The normalized spacial score (nSPS) is 13.0. The van der Waals surface area contributed by atoms with Gasteiger partial charge < -0.3 is 10.1 Å². The molecule has 0 heterocycles. The lowest BCUT2D eigenvalue weighted by atomic mass is 10.0. The van der Waals surface area contributed by atoms with Crippen LogP contribution < -0.4 is 5.32 Å². The summed E-state index contributed by atoms with van der Waals surface area (Å²) in [7, 11) is 1.09. The smallest absolute Gasteiger partial charge is 0.416 e. The molecule has 0 aliphatic carbocycles. The van der Waals surface area contributed by atoms with Crippen molar-refractivity contribution in [3.63, 3.8) is 0 Å². The summed E-state index contributed by atoms with van der Waals surface area (Å²) in [5.74, 6) is -1.67. The molecule has 156 valence electrons. The van der Waals surface area contributed by atoms with Gasteiger partial charge in [-0.05, 0) is 43.0 Å². The molecule has 0 aromatic heterocycles. The minimum Gasteiger partial charge on any atom is -0.467 e. The quantitative estimate of drug-likeness (QED) is 0.301. The molecule has 1 amide bonds. The van der Waals surface area contributed by atoms with Gasteiger partial charge in [-0.1, -0.05) is 6.08 Å². The third kappa shape index (κ3) is 7.24. The lowest BCUT2D eigenvalue weighted by Gasteiger charge is -2.17. The van der Waals surface area contributed by atoms with Gasteiger partial charge in [0.05, 0.1) is 24.7 Å². The number of hydrogen-bond donors (Lipinski definition) is 1. The van der Waals surface area contributed by atoms with E-state index in [2.05, 4.69) is 16.6 Å². The van der Waals surface area contributed by atoms with Crippen molar-refractivity contribution >= 4 is 11.9 Å². The average molecular weight is 411 g/mol. The number of rotatable bonds is 8. The Hall–Kier alpha value is -2.52. The fourth-order valence-corrected chi connectivity index (χ4v) is 2.41. The van der Waals surface area contributed by atoms with Gasteiger partial charge in [0, 0.05) is 0 Å². The van der Waals surface area contributed by atoms with Gasteiger partial charge in [-0.2, -0.15) is 26.3 Å². The average Bonchev–Trinajstić information content (AvgIpc) is 2.58. The topological polar surface area (TPSA) is 55.4 Å². The van der Waals surface area contributed by atoms with Gasteiger partial charge >= 0.3 is 18.3 Å². The van der Waals surface area contributed by atoms with Crippen molar-refractivity contribution in [3.05, 3.63) is 47.5 Å². The van der Waals surface area contributed by atoms with Crippen molar-refractivity contribution in [2.24, 2.45) is 0 Å². The number of amides is 1. The zero-order valence-corrected chi connectivity index (χ0v) is 14.9. The lowest BCUT2D eigenvalue weighted by Crippen LogP contribution is -2.42. The van der Waals surface area contributed by atoms with Crippen molar-refractivity contribution in [3.8, 4) is 0 Å². The maximum absolute atomic E-state index is 12.9. The van der Waals surface area contributed by atoms with Gasteiger partial charge in [-0.3, -0.25) is 4.79 Å². The van der Waals surface area contributed by atoms with E-state index in [9.17, 15) is 35.9 Å². The molecule has 4 nitrogen and oxygen atoms in total. The minimum atomic E-state index is -5.01. The standard InChI is InChI=1S/C18H19F6NO3/c1-3-4-5-6-14(16(27)28-2)25-15(26)9-11-7-12(17(19,20)21)10-13(8-11)18(22,23)24/h3,7-8,10,14H,1,4-6,9H2,2H3,(H,25,26)/t14-/m0/s1. The summed E-state index contributed by atoms with van der Waals surface area (Å²) in [5, 5.41) is 2.28. The molecule has 0 spiro atoms. The number of hydrogen-bond acceptors (Lipinski definition) is 3. The van der Waals surface area contributed by atoms with Gasteiger partial charge in [0.25, 0.3) is 0 Å². The van der Waals surface area contributed by atoms with E-state index in [0.29, 0.717) is 25.0 Å². The van der Waals surface area contributed by atoms with E-state index in [-0.39, 0.29) is 12.5 Å². The van der Waals surface area contributed by atoms with E-state index in [1.807, 2.05) is 0 Å². The van der Waals surface area contributed by atoms with Crippen molar-refractivity contribution in [1.29, 1.82) is 0 Å². The summed E-state index contributed by atoms with van der Waals surface area (Å²) in [6.07, 6.45) is -7.98. The van der Waals surface area contributed by atoms with Crippen LogP contribution in [0.5, 0.6) is 0 Å². The second kappa shape index (κ2) is 9.61. The Morgan fingerprint density at radius 3 is 2.07 bits per heavy atom. The predicted octanol–water partition coefficient (Wildman–Crippen LogP) is 4.28. The second-order valence-electron chi connectivity index (χ2n) is 5.95. The molecule has 1 N–H and O–H groups in total. The monoisotopic (exact) mass is 411 g/mol. The zero-order chi connectivity index (χ0) is 21.5. The van der Waals surface area contributed by atoms with Crippen LogP contribution in [0, 0.1) is 0 Å². The highest BCUT2D eigenvalue weighted by atomic mass is 19.4. The summed E-state index contributed by atoms with van der Waals surface area (Å²) >= 11 is 0. The SMILES string of the molecule is C=CCCC[C@H](NC(=O)Cc1cc(C(F)(F)F)cc(C(F)(F)F)c1)C(=O)OC. The number of unbranched alkanes of at least 4 members (excludes halogenated alkanes) is 1. The fourth-order valence-electron chi connectivity index (χ4n) is 2.41. The van der Waals surface area contributed by atoms with E-state index in [1.54, 1.807) is 6.08 Å². The number of nitrogens with one attached hydrogen (secondary N) is 1. The Kier molecular flexibility index (Phi) is 8.07. The Bertz CT molecular complexity index is 680. The molecule has 0 unspecified atom stereocenters. The first-order chi connectivity index (χ1) is 12.9. The second-order valence-corrected chi connectivity index (χ2v) is 5.95. The molecule has 28 heavy (non-hydrogen) atoms. The Balaban J connectivity index is 3.02. The molecule has 0 aliphatic heterocycles. The van der Waals surface area contributed by atoms with Gasteiger partial charge in [0.2, 0.25) is 5.91 Å². The Morgan fingerprint density at radius 1 is 1.11 bits per heavy atom. The summed E-state index contributed by atoms with van der Waals surface area (Å²) in [5.41, 5.74) is -3.50. The predicted molar refractivity (Wildman–Crippen MR) is 88.1 cm³/mol. The fraction of sp³-hybridized carbons (Fsp3) is 0.444.